The standard InChI is InChI=1S/C34H58O21/c35-29(33(39)40)1-3-31(37)54-27-25-52-23-21-50-19-17-48-15-13-46-11-9-44-7-5-43-6-8-45-10-12-47-14-16-49-18-20-51-22-24-53-26-28-55-32(38)4-2-30(36)34(41)42/h1-28H2,(H,39,40)(H,41,42). The molecule has 0 aromatic heterocycles. The molecule has 0 rings (SSSR count). The third-order valence-corrected chi connectivity index (χ3v) is 6.29. The van der Waals surface area contributed by atoms with Crippen LogP contribution in [-0.4, -0.2) is 204 Å². The van der Waals surface area contributed by atoms with Crippen molar-refractivity contribution in [3.63, 3.8) is 0 Å². The van der Waals surface area contributed by atoms with E-state index in [-0.39, 0.29) is 39.3 Å². The Hall–Kier alpha value is -3.22. The van der Waals surface area contributed by atoms with Crippen LogP contribution in [0.25, 0.3) is 0 Å². The van der Waals surface area contributed by atoms with Gasteiger partial charge in [-0.3, -0.25) is 19.2 Å². The maximum atomic E-state index is 11.4. The smallest absolute Gasteiger partial charge is 0.372 e. The van der Waals surface area contributed by atoms with Gasteiger partial charge in [-0.1, -0.05) is 0 Å². The summed E-state index contributed by atoms with van der Waals surface area (Å²) in [7, 11) is 0. The van der Waals surface area contributed by atoms with E-state index in [2.05, 4.69) is 0 Å². The van der Waals surface area contributed by atoms with Crippen molar-refractivity contribution in [2.24, 2.45) is 0 Å². The molecule has 0 atom stereocenters. The SMILES string of the molecule is O=C(CCC(=O)C(=O)O)OCCOCCOCCOCCOCCOCCOCCOCCOCCOCCOCCOCCOC(=O)CCC(=O)C(=O)O. The van der Waals surface area contributed by atoms with E-state index in [1.54, 1.807) is 0 Å². The first kappa shape index (κ1) is 51.8. The molecule has 0 aromatic rings. The van der Waals surface area contributed by atoms with Crippen molar-refractivity contribution in [2.45, 2.75) is 25.7 Å². The van der Waals surface area contributed by atoms with Gasteiger partial charge >= 0.3 is 23.9 Å². The number of ether oxygens (including phenoxy) is 13. The summed E-state index contributed by atoms with van der Waals surface area (Å²) >= 11 is 0. The van der Waals surface area contributed by atoms with Crippen LogP contribution < -0.4 is 0 Å². The fraction of sp³-hybridized carbons (Fsp3) is 0.824. The molecule has 0 unspecified atom stereocenters. The van der Waals surface area contributed by atoms with Crippen molar-refractivity contribution in [1.29, 1.82) is 0 Å². The lowest BCUT2D eigenvalue weighted by atomic mass is 10.2. The van der Waals surface area contributed by atoms with Crippen LogP contribution in [0.2, 0.25) is 0 Å². The number of hydrogen-bond donors (Lipinski definition) is 2. The number of carboxylic acid groups (broad SMARTS) is 2. The van der Waals surface area contributed by atoms with Gasteiger partial charge in [0.25, 0.3) is 0 Å². The summed E-state index contributed by atoms with van der Waals surface area (Å²) < 4.78 is 68.9. The van der Waals surface area contributed by atoms with Gasteiger partial charge in [-0.2, -0.15) is 0 Å². The van der Waals surface area contributed by atoms with Gasteiger partial charge < -0.3 is 71.8 Å². The van der Waals surface area contributed by atoms with Gasteiger partial charge in [-0.15, -0.1) is 0 Å². The first-order valence-electron chi connectivity index (χ1n) is 17.9. The Morgan fingerprint density at radius 1 is 0.255 bits per heavy atom. The van der Waals surface area contributed by atoms with Crippen LogP contribution in [0, 0.1) is 0 Å². The number of carbonyl (C=O) groups is 6. The van der Waals surface area contributed by atoms with E-state index in [0.717, 1.165) is 0 Å². The van der Waals surface area contributed by atoms with E-state index in [4.69, 9.17) is 71.8 Å². The topological polar surface area (TPSA) is 263 Å². The molecule has 0 aliphatic heterocycles. The fourth-order valence-corrected chi connectivity index (χ4v) is 3.52. The Morgan fingerprint density at radius 3 is 0.582 bits per heavy atom. The van der Waals surface area contributed by atoms with Gasteiger partial charge in [-0.25, -0.2) is 9.59 Å². The molecule has 320 valence electrons. The van der Waals surface area contributed by atoms with Crippen molar-refractivity contribution in [2.75, 3.05) is 159 Å². The average molecular weight is 803 g/mol. The minimum atomic E-state index is -1.57. The Kier molecular flexibility index (Phi) is 38.1. The molecule has 0 aromatic carbocycles. The molecule has 0 amide bonds. The predicted molar refractivity (Wildman–Crippen MR) is 185 cm³/mol. The highest BCUT2D eigenvalue weighted by molar-refractivity contribution is 6.33. The number of ketones is 2. The molecule has 0 spiro atoms. The summed E-state index contributed by atoms with van der Waals surface area (Å²) in [6, 6.07) is 0. The Labute approximate surface area is 320 Å². The monoisotopic (exact) mass is 802 g/mol. The maximum absolute atomic E-state index is 11.4. The number of carbonyl (C=O) groups excluding carboxylic acids is 4. The number of aliphatic carboxylic acids is 2. The van der Waals surface area contributed by atoms with Crippen molar-refractivity contribution in [3.05, 3.63) is 0 Å². The van der Waals surface area contributed by atoms with Crippen LogP contribution in [0.15, 0.2) is 0 Å². The molecular weight excluding hydrogens is 744 g/mol. The van der Waals surface area contributed by atoms with E-state index in [1.165, 1.54) is 0 Å². The molecule has 2 N–H and O–H groups in total. The van der Waals surface area contributed by atoms with E-state index in [0.29, 0.717) is 132 Å². The Bertz CT molecular complexity index is 918. The predicted octanol–water partition coefficient (Wildman–Crippen LogP) is -0.877. The van der Waals surface area contributed by atoms with E-state index < -0.39 is 48.3 Å². The lowest BCUT2D eigenvalue weighted by molar-refractivity contribution is -0.151. The fourth-order valence-electron chi connectivity index (χ4n) is 3.52. The zero-order valence-corrected chi connectivity index (χ0v) is 31.5. The highest BCUT2D eigenvalue weighted by atomic mass is 16.6. The second-order valence-corrected chi connectivity index (χ2v) is 10.6. The summed E-state index contributed by atoms with van der Waals surface area (Å²) in [6.07, 6.45) is -1.37. The van der Waals surface area contributed by atoms with Gasteiger partial charge in [-0.05, 0) is 0 Å². The first-order chi connectivity index (χ1) is 26.7. The van der Waals surface area contributed by atoms with E-state index in [9.17, 15) is 28.8 Å². The zero-order chi connectivity index (χ0) is 40.5. The van der Waals surface area contributed by atoms with Crippen LogP contribution in [0.3, 0.4) is 0 Å². The largest absolute Gasteiger partial charge is 0.476 e. The first-order valence-corrected chi connectivity index (χ1v) is 17.9. The molecular formula is C34H58O21. The van der Waals surface area contributed by atoms with E-state index >= 15 is 0 Å². The summed E-state index contributed by atoms with van der Waals surface area (Å²) in [5, 5.41) is 16.9. The summed E-state index contributed by atoms with van der Waals surface area (Å²) in [4.78, 5) is 65.3. The van der Waals surface area contributed by atoms with Gasteiger partial charge in [0.1, 0.15) is 13.2 Å². The lowest BCUT2D eigenvalue weighted by Crippen LogP contribution is -2.17. The molecule has 21 heteroatoms. The molecule has 0 saturated heterocycles. The maximum Gasteiger partial charge on any atom is 0.372 e. The van der Waals surface area contributed by atoms with Crippen LogP contribution in [0.4, 0.5) is 0 Å². The minimum Gasteiger partial charge on any atom is -0.476 e. The Balaban J connectivity index is 3.17. The highest BCUT2D eigenvalue weighted by Crippen LogP contribution is 1.96. The summed E-state index contributed by atoms with van der Waals surface area (Å²) in [5.41, 5.74) is 0. The third-order valence-electron chi connectivity index (χ3n) is 6.29. The second-order valence-electron chi connectivity index (χ2n) is 10.6. The van der Waals surface area contributed by atoms with Crippen LogP contribution in [0.1, 0.15) is 25.7 Å². The molecule has 0 radical (unpaired) electrons. The quantitative estimate of drug-likeness (QED) is 0.0430. The third kappa shape index (κ3) is 40.3. The number of esters is 2. The van der Waals surface area contributed by atoms with E-state index in [1.807, 2.05) is 0 Å². The van der Waals surface area contributed by atoms with Crippen LogP contribution in [-0.2, 0) is 90.3 Å². The lowest BCUT2D eigenvalue weighted by Gasteiger charge is -2.09. The average Bonchev–Trinajstić information content (AvgIpc) is 3.16. The Morgan fingerprint density at radius 2 is 0.418 bits per heavy atom. The van der Waals surface area contributed by atoms with Gasteiger partial charge in [0.15, 0.2) is 0 Å². The van der Waals surface area contributed by atoms with Crippen LogP contribution in [0.5, 0.6) is 0 Å². The minimum absolute atomic E-state index is 0.000358. The zero-order valence-electron chi connectivity index (χ0n) is 31.5. The van der Waals surface area contributed by atoms with Crippen LogP contribution >= 0.6 is 0 Å². The second kappa shape index (κ2) is 40.4. The molecule has 0 fully saturated rings. The van der Waals surface area contributed by atoms with Gasteiger partial charge in [0, 0.05) is 12.8 Å². The molecule has 21 nitrogen and oxygen atoms in total. The van der Waals surface area contributed by atoms with Crippen molar-refractivity contribution in [3.8, 4) is 0 Å². The molecule has 0 aliphatic rings. The van der Waals surface area contributed by atoms with Crippen molar-refractivity contribution in [1.82, 2.24) is 0 Å². The number of carboxylic acids is 2. The van der Waals surface area contributed by atoms with Crippen molar-refractivity contribution < 1.29 is 101 Å². The summed E-state index contributed by atoms with van der Waals surface area (Å²) in [6.45, 7) is 8.33. The van der Waals surface area contributed by atoms with Gasteiger partial charge in [0.05, 0.1) is 158 Å². The normalized spacial score (nSPS) is 11.1. The number of rotatable bonds is 44. The molecule has 0 aliphatic carbocycles. The molecule has 0 bridgehead atoms. The van der Waals surface area contributed by atoms with Gasteiger partial charge in [0.2, 0.25) is 11.6 Å². The highest BCUT2D eigenvalue weighted by Gasteiger charge is 2.15. The molecule has 0 saturated carbocycles. The molecule has 0 heterocycles. The number of hydrogen-bond acceptors (Lipinski definition) is 19. The number of Topliss-reactive ketones (excluding diaryl/α,β-unsaturated/α-hetero) is 2. The van der Waals surface area contributed by atoms with Crippen molar-refractivity contribution >= 4 is 35.4 Å². The molecule has 55 heavy (non-hydrogen) atoms. The summed E-state index contributed by atoms with van der Waals surface area (Å²) in [5.74, 6) is -6.54.